The summed E-state index contributed by atoms with van der Waals surface area (Å²) in [6.45, 7) is 3.82. The fraction of sp³-hybridized carbons (Fsp3) is 0.409. The van der Waals surface area contributed by atoms with Gasteiger partial charge in [0.1, 0.15) is 0 Å². The van der Waals surface area contributed by atoms with Crippen LogP contribution in [-0.2, 0) is 14.8 Å². The SMILES string of the molecule is CC(C)c1nc(N(C)S(C)(=O)=O)nc(-c2ccccc2)c1/C=C/[C@@H](O)C[C@@H](O)CC(=O)O.[Ca]. The van der Waals surface area contributed by atoms with Crippen LogP contribution in [0.5, 0.6) is 0 Å². The molecule has 0 aliphatic heterocycles. The molecular formula is C22H29CaN3O6S. The summed E-state index contributed by atoms with van der Waals surface area (Å²) >= 11 is 0. The zero-order valence-electron chi connectivity index (χ0n) is 19.2. The van der Waals surface area contributed by atoms with E-state index < -0.39 is 34.6 Å². The van der Waals surface area contributed by atoms with Crippen LogP contribution in [0.1, 0.15) is 43.9 Å². The predicted molar refractivity (Wildman–Crippen MR) is 128 cm³/mol. The quantitative estimate of drug-likeness (QED) is 0.418. The van der Waals surface area contributed by atoms with Crippen LogP contribution in [0.3, 0.4) is 0 Å². The maximum Gasteiger partial charge on any atom is 0.305 e. The number of aliphatic hydroxyl groups is 2. The van der Waals surface area contributed by atoms with Crippen molar-refractivity contribution in [2.45, 2.75) is 44.8 Å². The predicted octanol–water partition coefficient (Wildman–Crippen LogP) is 1.88. The summed E-state index contributed by atoms with van der Waals surface area (Å²) in [6, 6.07) is 9.18. The van der Waals surface area contributed by atoms with Crippen molar-refractivity contribution in [1.82, 2.24) is 9.97 Å². The van der Waals surface area contributed by atoms with E-state index in [9.17, 15) is 23.4 Å². The second-order valence-electron chi connectivity index (χ2n) is 7.84. The molecule has 1 aromatic carbocycles. The minimum absolute atomic E-state index is 0. The van der Waals surface area contributed by atoms with Gasteiger partial charge in [-0.2, -0.15) is 0 Å². The van der Waals surface area contributed by atoms with Crippen molar-refractivity contribution < 1.29 is 28.5 Å². The molecule has 1 heterocycles. The van der Waals surface area contributed by atoms with Crippen molar-refractivity contribution in [2.75, 3.05) is 17.6 Å². The van der Waals surface area contributed by atoms with Crippen molar-refractivity contribution in [3.63, 3.8) is 0 Å². The van der Waals surface area contributed by atoms with Crippen LogP contribution >= 0.6 is 0 Å². The number of hydrogen-bond acceptors (Lipinski definition) is 7. The number of carboxylic acid groups (broad SMARTS) is 1. The van der Waals surface area contributed by atoms with E-state index >= 15 is 0 Å². The molecule has 0 bridgehead atoms. The molecule has 0 saturated carbocycles. The van der Waals surface area contributed by atoms with E-state index in [1.165, 1.54) is 13.1 Å². The van der Waals surface area contributed by atoms with Crippen LogP contribution in [0.25, 0.3) is 17.3 Å². The van der Waals surface area contributed by atoms with Crippen molar-refractivity contribution >= 4 is 65.8 Å². The molecule has 1 aromatic heterocycles. The number of aliphatic carboxylic acids is 1. The smallest absolute Gasteiger partial charge is 0.305 e. The third-order valence-electron chi connectivity index (χ3n) is 4.75. The van der Waals surface area contributed by atoms with Crippen molar-refractivity contribution in [3.8, 4) is 11.3 Å². The number of carboxylic acids is 1. The Bertz CT molecular complexity index is 1080. The van der Waals surface area contributed by atoms with Crippen LogP contribution in [-0.4, -0.2) is 103 Å². The maximum atomic E-state index is 12.1. The van der Waals surface area contributed by atoms with Crippen LogP contribution in [0.2, 0.25) is 0 Å². The summed E-state index contributed by atoms with van der Waals surface area (Å²) in [6.07, 6.45) is 1.25. The molecule has 2 rings (SSSR count). The van der Waals surface area contributed by atoms with Gasteiger partial charge in [0.25, 0.3) is 0 Å². The Morgan fingerprint density at radius 2 is 1.76 bits per heavy atom. The largest absolute Gasteiger partial charge is 0.481 e. The second kappa shape index (κ2) is 12.8. The van der Waals surface area contributed by atoms with Gasteiger partial charge in [0.05, 0.1) is 36.3 Å². The van der Waals surface area contributed by atoms with Crippen LogP contribution < -0.4 is 4.31 Å². The maximum absolute atomic E-state index is 12.1. The Morgan fingerprint density at radius 3 is 2.27 bits per heavy atom. The van der Waals surface area contributed by atoms with Crippen LogP contribution in [0.15, 0.2) is 36.4 Å². The summed E-state index contributed by atoms with van der Waals surface area (Å²) < 4.78 is 25.2. The van der Waals surface area contributed by atoms with Crippen molar-refractivity contribution in [3.05, 3.63) is 47.7 Å². The molecule has 176 valence electrons. The van der Waals surface area contributed by atoms with Gasteiger partial charge in [-0.1, -0.05) is 56.3 Å². The van der Waals surface area contributed by atoms with E-state index in [4.69, 9.17) is 5.11 Å². The number of hydrogen-bond donors (Lipinski definition) is 3. The topological polar surface area (TPSA) is 141 Å². The summed E-state index contributed by atoms with van der Waals surface area (Å²) in [5, 5.41) is 28.8. The molecule has 3 N–H and O–H groups in total. The van der Waals surface area contributed by atoms with Crippen molar-refractivity contribution in [2.24, 2.45) is 0 Å². The molecule has 2 aromatic rings. The van der Waals surface area contributed by atoms with E-state index in [2.05, 4.69) is 9.97 Å². The monoisotopic (exact) mass is 503 g/mol. The minimum atomic E-state index is -3.58. The molecule has 0 fully saturated rings. The molecule has 0 aliphatic carbocycles. The zero-order chi connectivity index (χ0) is 24.1. The molecule has 0 unspecified atom stereocenters. The van der Waals surface area contributed by atoms with E-state index in [1.54, 1.807) is 6.08 Å². The van der Waals surface area contributed by atoms with Crippen LogP contribution in [0, 0.1) is 0 Å². The number of aromatic nitrogens is 2. The van der Waals surface area contributed by atoms with Gasteiger partial charge >= 0.3 is 5.97 Å². The van der Waals surface area contributed by atoms with Gasteiger partial charge in [0.15, 0.2) is 0 Å². The number of sulfonamides is 1. The normalized spacial score (nSPS) is 13.5. The van der Waals surface area contributed by atoms with Gasteiger partial charge in [0, 0.05) is 62.3 Å². The van der Waals surface area contributed by atoms with Crippen molar-refractivity contribution in [1.29, 1.82) is 0 Å². The third kappa shape index (κ3) is 8.62. The molecule has 0 saturated heterocycles. The Morgan fingerprint density at radius 1 is 1.15 bits per heavy atom. The second-order valence-corrected chi connectivity index (χ2v) is 9.85. The number of rotatable bonds is 10. The molecule has 0 aliphatic rings. The van der Waals surface area contributed by atoms with Gasteiger partial charge in [-0.15, -0.1) is 0 Å². The molecule has 33 heavy (non-hydrogen) atoms. The average Bonchev–Trinajstić information content (AvgIpc) is 2.70. The molecular weight excluding hydrogens is 474 g/mol. The number of aliphatic hydroxyl groups excluding tert-OH is 2. The first-order valence-corrected chi connectivity index (χ1v) is 11.9. The number of carbonyl (C=O) groups is 1. The summed E-state index contributed by atoms with van der Waals surface area (Å²) in [5.74, 6) is -1.22. The van der Waals surface area contributed by atoms with Gasteiger partial charge in [-0.05, 0) is 5.92 Å². The van der Waals surface area contributed by atoms with Gasteiger partial charge in [-0.25, -0.2) is 22.7 Å². The van der Waals surface area contributed by atoms with E-state index in [0.29, 0.717) is 17.0 Å². The summed E-state index contributed by atoms with van der Waals surface area (Å²) in [5.41, 5.74) is 2.41. The molecule has 2 radical (unpaired) electrons. The molecule has 9 nitrogen and oxygen atoms in total. The van der Waals surface area contributed by atoms with Gasteiger partial charge in [0.2, 0.25) is 16.0 Å². The number of benzene rings is 1. The number of anilines is 1. The molecule has 0 amide bonds. The first-order valence-electron chi connectivity index (χ1n) is 10.1. The fourth-order valence-corrected chi connectivity index (χ4v) is 3.41. The minimum Gasteiger partial charge on any atom is -0.481 e. The van der Waals surface area contributed by atoms with Crippen LogP contribution in [0.4, 0.5) is 5.95 Å². The molecule has 2 atom stereocenters. The summed E-state index contributed by atoms with van der Waals surface area (Å²) in [7, 11) is -2.20. The first-order chi connectivity index (χ1) is 14.9. The number of nitrogens with zero attached hydrogens (tertiary/aromatic N) is 3. The Labute approximate surface area is 224 Å². The Hall–Kier alpha value is -1.56. The molecule has 0 spiro atoms. The summed E-state index contributed by atoms with van der Waals surface area (Å²) in [4.78, 5) is 19.7. The standard InChI is InChI=1S/C22H29N3O6S.Ca/c1-14(2)20-18(11-10-16(26)12-17(27)13-19(28)29)21(15-8-6-5-7-9-15)24-22(23-20)25(3)32(4,30)31;/h5-11,14,16-17,26-27H,12-13H2,1-4H3,(H,28,29);/b11-10+;/t16-,17-;/m1./s1. The van der Waals surface area contributed by atoms with E-state index in [1.807, 2.05) is 44.2 Å². The zero-order valence-corrected chi connectivity index (χ0v) is 22.2. The average molecular weight is 504 g/mol. The Kier molecular flexibility index (Phi) is 11.4. The van der Waals surface area contributed by atoms with E-state index in [-0.39, 0.29) is 56.0 Å². The van der Waals surface area contributed by atoms with Gasteiger partial charge < -0.3 is 15.3 Å². The fourth-order valence-electron chi connectivity index (χ4n) is 3.03. The first kappa shape index (κ1) is 29.5. The molecule has 11 heteroatoms. The third-order valence-corrected chi connectivity index (χ3v) is 5.90. The van der Waals surface area contributed by atoms with E-state index in [0.717, 1.165) is 16.1 Å². The van der Waals surface area contributed by atoms with Gasteiger partial charge in [-0.3, -0.25) is 4.79 Å². The Balaban J connectivity index is 0.00000544.